The maximum atomic E-state index is 12.6. The number of hydrogen-bond donors (Lipinski definition) is 2. The standard InChI is InChI=1S/C21H26N2O5S/c1-4-17(5-2)22-20(24)14-28-21(25)16-9-7-11-19(13-16)29(26,27)23-18-10-6-8-15(3)12-18/h6-13,17,23H,4-5,14H2,1-3H3,(H,22,24). The van der Waals surface area contributed by atoms with Gasteiger partial charge in [-0.3, -0.25) is 9.52 Å². The second-order valence-corrected chi connectivity index (χ2v) is 8.34. The summed E-state index contributed by atoms with van der Waals surface area (Å²) in [6, 6.07) is 12.5. The number of amides is 1. The molecule has 2 N–H and O–H groups in total. The Morgan fingerprint density at radius 3 is 2.38 bits per heavy atom. The molecule has 0 aromatic heterocycles. The molecule has 0 saturated carbocycles. The van der Waals surface area contributed by atoms with Gasteiger partial charge in [0.15, 0.2) is 6.61 Å². The lowest BCUT2D eigenvalue weighted by atomic mass is 10.2. The second-order valence-electron chi connectivity index (χ2n) is 6.66. The summed E-state index contributed by atoms with van der Waals surface area (Å²) < 4.78 is 32.7. The minimum atomic E-state index is -3.88. The molecule has 7 nitrogen and oxygen atoms in total. The maximum Gasteiger partial charge on any atom is 0.338 e. The molecule has 0 unspecified atom stereocenters. The smallest absolute Gasteiger partial charge is 0.338 e. The summed E-state index contributed by atoms with van der Waals surface area (Å²) in [6.45, 7) is 5.34. The van der Waals surface area contributed by atoms with E-state index in [1.165, 1.54) is 24.3 Å². The van der Waals surface area contributed by atoms with E-state index in [0.717, 1.165) is 18.4 Å². The van der Waals surface area contributed by atoms with Crippen molar-refractivity contribution < 1.29 is 22.7 Å². The average Bonchev–Trinajstić information content (AvgIpc) is 2.70. The maximum absolute atomic E-state index is 12.6. The molecule has 0 heterocycles. The van der Waals surface area contributed by atoms with Gasteiger partial charge >= 0.3 is 5.97 Å². The summed E-state index contributed by atoms with van der Waals surface area (Å²) >= 11 is 0. The number of benzene rings is 2. The summed E-state index contributed by atoms with van der Waals surface area (Å²) in [5, 5.41) is 2.77. The van der Waals surface area contributed by atoms with Gasteiger partial charge in [0.2, 0.25) is 0 Å². The van der Waals surface area contributed by atoms with E-state index in [1.54, 1.807) is 18.2 Å². The van der Waals surface area contributed by atoms with E-state index in [9.17, 15) is 18.0 Å². The first-order chi connectivity index (χ1) is 13.7. The molecule has 2 aromatic rings. The van der Waals surface area contributed by atoms with Crippen LogP contribution in [0.15, 0.2) is 53.4 Å². The van der Waals surface area contributed by atoms with Gasteiger partial charge < -0.3 is 10.1 Å². The van der Waals surface area contributed by atoms with Crippen LogP contribution in [0.25, 0.3) is 0 Å². The summed E-state index contributed by atoms with van der Waals surface area (Å²) in [5.41, 5.74) is 1.39. The number of carbonyl (C=O) groups excluding carboxylic acids is 2. The highest BCUT2D eigenvalue weighted by Gasteiger charge is 2.18. The number of aryl methyl sites for hydroxylation is 1. The van der Waals surface area contributed by atoms with Crippen molar-refractivity contribution in [3.05, 3.63) is 59.7 Å². The van der Waals surface area contributed by atoms with E-state index >= 15 is 0 Å². The van der Waals surface area contributed by atoms with Crippen LogP contribution in [0.4, 0.5) is 5.69 Å². The van der Waals surface area contributed by atoms with Crippen LogP contribution in [0.2, 0.25) is 0 Å². The Morgan fingerprint density at radius 1 is 1.03 bits per heavy atom. The Kier molecular flexibility index (Phi) is 7.78. The topological polar surface area (TPSA) is 102 Å². The Hall–Kier alpha value is -2.87. The van der Waals surface area contributed by atoms with Crippen molar-refractivity contribution in [3.63, 3.8) is 0 Å². The first-order valence-corrected chi connectivity index (χ1v) is 10.9. The largest absolute Gasteiger partial charge is 0.452 e. The molecule has 0 aliphatic carbocycles. The molecule has 0 bridgehead atoms. The van der Waals surface area contributed by atoms with E-state index in [4.69, 9.17) is 4.74 Å². The highest BCUT2D eigenvalue weighted by atomic mass is 32.2. The molecular weight excluding hydrogens is 392 g/mol. The van der Waals surface area contributed by atoms with Gasteiger partial charge in [-0.1, -0.05) is 32.0 Å². The fraction of sp³-hybridized carbons (Fsp3) is 0.333. The van der Waals surface area contributed by atoms with E-state index in [0.29, 0.717) is 5.69 Å². The van der Waals surface area contributed by atoms with Crippen LogP contribution < -0.4 is 10.0 Å². The average molecular weight is 419 g/mol. The molecule has 0 radical (unpaired) electrons. The number of rotatable bonds is 9. The Morgan fingerprint density at radius 2 is 1.72 bits per heavy atom. The van der Waals surface area contributed by atoms with E-state index in [2.05, 4.69) is 10.0 Å². The van der Waals surface area contributed by atoms with Crippen molar-refractivity contribution in [2.45, 2.75) is 44.6 Å². The molecule has 0 atom stereocenters. The zero-order valence-electron chi connectivity index (χ0n) is 16.8. The number of ether oxygens (including phenoxy) is 1. The van der Waals surface area contributed by atoms with E-state index < -0.39 is 28.5 Å². The molecule has 156 valence electrons. The van der Waals surface area contributed by atoms with Crippen LogP contribution in [-0.4, -0.2) is 32.9 Å². The van der Waals surface area contributed by atoms with Crippen molar-refractivity contribution in [2.75, 3.05) is 11.3 Å². The molecule has 2 rings (SSSR count). The van der Waals surface area contributed by atoms with Crippen molar-refractivity contribution in [1.82, 2.24) is 5.32 Å². The fourth-order valence-electron chi connectivity index (χ4n) is 2.69. The molecule has 0 saturated heterocycles. The third kappa shape index (κ3) is 6.60. The van der Waals surface area contributed by atoms with Crippen molar-refractivity contribution >= 4 is 27.6 Å². The molecule has 0 spiro atoms. The van der Waals surface area contributed by atoms with Gasteiger partial charge in [-0.25, -0.2) is 13.2 Å². The fourth-order valence-corrected chi connectivity index (χ4v) is 3.78. The molecule has 0 aliphatic heterocycles. The van der Waals surface area contributed by atoms with Gasteiger partial charge in [0.05, 0.1) is 10.5 Å². The number of carbonyl (C=O) groups is 2. The Bertz CT molecular complexity index is 969. The van der Waals surface area contributed by atoms with E-state index in [-0.39, 0.29) is 16.5 Å². The minimum Gasteiger partial charge on any atom is -0.452 e. The van der Waals surface area contributed by atoms with Gasteiger partial charge in [-0.15, -0.1) is 0 Å². The quantitative estimate of drug-likeness (QED) is 0.609. The second kappa shape index (κ2) is 10.1. The highest BCUT2D eigenvalue weighted by Crippen LogP contribution is 2.18. The lowest BCUT2D eigenvalue weighted by Gasteiger charge is -2.14. The number of anilines is 1. The van der Waals surface area contributed by atoms with Crippen molar-refractivity contribution in [3.8, 4) is 0 Å². The lowest BCUT2D eigenvalue weighted by Crippen LogP contribution is -2.36. The van der Waals surface area contributed by atoms with Gasteiger partial charge in [0.25, 0.3) is 15.9 Å². The van der Waals surface area contributed by atoms with Crippen molar-refractivity contribution in [2.24, 2.45) is 0 Å². The SMILES string of the molecule is CCC(CC)NC(=O)COC(=O)c1cccc(S(=O)(=O)Nc2cccc(C)c2)c1. The van der Waals surface area contributed by atoms with Crippen LogP contribution in [0.5, 0.6) is 0 Å². The zero-order valence-corrected chi connectivity index (χ0v) is 17.6. The van der Waals surface area contributed by atoms with Crippen LogP contribution in [-0.2, 0) is 19.6 Å². The number of hydrogen-bond acceptors (Lipinski definition) is 5. The molecule has 1 amide bonds. The molecule has 0 aliphatic rings. The Labute approximate surface area is 171 Å². The van der Waals surface area contributed by atoms with Crippen LogP contribution in [0.1, 0.15) is 42.6 Å². The van der Waals surface area contributed by atoms with Gasteiger partial charge in [0.1, 0.15) is 0 Å². The Balaban J connectivity index is 2.06. The summed E-state index contributed by atoms with van der Waals surface area (Å²) in [4.78, 5) is 24.0. The molecule has 2 aromatic carbocycles. The van der Waals surface area contributed by atoms with Crippen LogP contribution >= 0.6 is 0 Å². The highest BCUT2D eigenvalue weighted by molar-refractivity contribution is 7.92. The normalized spacial score (nSPS) is 11.2. The first kappa shape index (κ1) is 22.4. The zero-order chi connectivity index (χ0) is 21.4. The summed E-state index contributed by atoms with van der Waals surface area (Å²) in [5.74, 6) is -1.16. The predicted molar refractivity (Wildman–Crippen MR) is 111 cm³/mol. The van der Waals surface area contributed by atoms with E-state index in [1.807, 2.05) is 26.8 Å². The third-order valence-corrected chi connectivity index (χ3v) is 5.71. The molecule has 0 fully saturated rings. The minimum absolute atomic E-state index is 0.0300. The number of esters is 1. The number of nitrogens with one attached hydrogen (secondary N) is 2. The van der Waals surface area contributed by atoms with Gasteiger partial charge in [-0.05, 0) is 55.7 Å². The first-order valence-electron chi connectivity index (χ1n) is 9.41. The van der Waals surface area contributed by atoms with Crippen LogP contribution in [0.3, 0.4) is 0 Å². The van der Waals surface area contributed by atoms with Crippen molar-refractivity contribution in [1.29, 1.82) is 0 Å². The molecule has 29 heavy (non-hydrogen) atoms. The lowest BCUT2D eigenvalue weighted by molar-refractivity contribution is -0.125. The van der Waals surface area contributed by atoms with Gasteiger partial charge in [-0.2, -0.15) is 0 Å². The molecular formula is C21H26N2O5S. The summed E-state index contributed by atoms with van der Waals surface area (Å²) in [6.07, 6.45) is 1.56. The number of sulfonamides is 1. The monoisotopic (exact) mass is 418 g/mol. The predicted octanol–water partition coefficient (Wildman–Crippen LogP) is 3.26. The third-order valence-electron chi connectivity index (χ3n) is 4.34. The van der Waals surface area contributed by atoms with Crippen LogP contribution in [0, 0.1) is 6.92 Å². The summed E-state index contributed by atoms with van der Waals surface area (Å²) in [7, 11) is -3.88. The van der Waals surface area contributed by atoms with Gasteiger partial charge in [0, 0.05) is 11.7 Å². The molecule has 8 heteroatoms.